The van der Waals surface area contributed by atoms with E-state index in [0.29, 0.717) is 28.4 Å². The van der Waals surface area contributed by atoms with Gasteiger partial charge < -0.3 is 10.5 Å². The quantitative estimate of drug-likeness (QED) is 0.890. The molecule has 1 aliphatic heterocycles. The van der Waals surface area contributed by atoms with Gasteiger partial charge in [0.1, 0.15) is 0 Å². The fourth-order valence-electron chi connectivity index (χ4n) is 3.24. The highest BCUT2D eigenvalue weighted by atomic mass is 35.5. The van der Waals surface area contributed by atoms with Crippen LogP contribution < -0.4 is 10.5 Å². The second-order valence-electron chi connectivity index (χ2n) is 5.74. The minimum atomic E-state index is 0.127. The summed E-state index contributed by atoms with van der Waals surface area (Å²) in [6, 6.07) is 4.49. The molecule has 0 aromatic heterocycles. The Kier molecular flexibility index (Phi) is 6.36. The maximum atomic E-state index is 6.27. The Balaban J connectivity index is 2.22. The predicted molar refractivity (Wildman–Crippen MR) is 93.1 cm³/mol. The lowest BCUT2D eigenvalue weighted by Crippen LogP contribution is -2.53. The topological polar surface area (TPSA) is 41.7 Å². The third-order valence-electron chi connectivity index (χ3n) is 4.48. The van der Waals surface area contributed by atoms with Crippen molar-refractivity contribution in [3.05, 3.63) is 27.7 Å². The Morgan fingerprint density at radius 1 is 1.32 bits per heavy atom. The van der Waals surface area contributed by atoms with Gasteiger partial charge in [0.2, 0.25) is 0 Å². The molecule has 6 heteroatoms. The molecule has 2 unspecified atom stereocenters. The number of benzene rings is 1. The number of nitrogens with zero attached hydrogens (tertiary/aromatic N) is 2. The highest BCUT2D eigenvalue weighted by Gasteiger charge is 2.28. The van der Waals surface area contributed by atoms with Gasteiger partial charge in [-0.1, -0.05) is 30.1 Å². The molecule has 2 rings (SSSR count). The average Bonchev–Trinajstić information content (AvgIpc) is 2.48. The van der Waals surface area contributed by atoms with Crippen molar-refractivity contribution >= 4 is 23.2 Å². The zero-order valence-electron chi connectivity index (χ0n) is 13.5. The molecule has 2 atom stereocenters. The van der Waals surface area contributed by atoms with E-state index in [0.717, 1.165) is 31.7 Å². The van der Waals surface area contributed by atoms with Gasteiger partial charge in [0, 0.05) is 38.3 Å². The molecule has 0 spiro atoms. The Labute approximate surface area is 143 Å². The fourth-order valence-corrected chi connectivity index (χ4v) is 3.90. The summed E-state index contributed by atoms with van der Waals surface area (Å²) in [7, 11) is 1.57. The van der Waals surface area contributed by atoms with Gasteiger partial charge in [-0.2, -0.15) is 0 Å². The van der Waals surface area contributed by atoms with Gasteiger partial charge in [0.25, 0.3) is 0 Å². The smallest absolute Gasteiger partial charge is 0.156 e. The molecule has 1 aromatic rings. The van der Waals surface area contributed by atoms with Crippen molar-refractivity contribution < 1.29 is 4.74 Å². The van der Waals surface area contributed by atoms with E-state index in [4.69, 9.17) is 33.7 Å². The normalized spacial score (nSPS) is 21.8. The molecule has 0 bridgehead atoms. The minimum Gasteiger partial charge on any atom is -0.494 e. The molecule has 4 nitrogen and oxygen atoms in total. The molecule has 1 saturated heterocycles. The van der Waals surface area contributed by atoms with Crippen LogP contribution in [0.15, 0.2) is 12.1 Å². The predicted octanol–water partition coefficient (Wildman–Crippen LogP) is 3.03. The van der Waals surface area contributed by atoms with Crippen molar-refractivity contribution in [2.24, 2.45) is 5.73 Å². The van der Waals surface area contributed by atoms with Gasteiger partial charge in [0.05, 0.1) is 17.2 Å². The molecule has 2 N–H and O–H groups in total. The Hall–Kier alpha value is -0.520. The van der Waals surface area contributed by atoms with E-state index in [2.05, 4.69) is 23.6 Å². The van der Waals surface area contributed by atoms with Crippen LogP contribution in [0.4, 0.5) is 0 Å². The fraction of sp³-hybridized carbons (Fsp3) is 0.625. The van der Waals surface area contributed by atoms with E-state index in [1.807, 2.05) is 12.1 Å². The first-order valence-electron chi connectivity index (χ1n) is 7.72. The number of rotatable bonds is 5. The average molecular weight is 346 g/mol. The largest absolute Gasteiger partial charge is 0.494 e. The second-order valence-corrected chi connectivity index (χ2v) is 6.56. The van der Waals surface area contributed by atoms with Gasteiger partial charge in [-0.15, -0.1) is 0 Å². The van der Waals surface area contributed by atoms with Gasteiger partial charge >= 0.3 is 0 Å². The third kappa shape index (κ3) is 3.69. The summed E-state index contributed by atoms with van der Waals surface area (Å²) in [5.74, 6) is 0.520. The van der Waals surface area contributed by atoms with Crippen LogP contribution in [-0.2, 0) is 0 Å². The van der Waals surface area contributed by atoms with Crippen molar-refractivity contribution in [3.63, 3.8) is 0 Å². The van der Waals surface area contributed by atoms with Crippen LogP contribution in [0.2, 0.25) is 10.0 Å². The van der Waals surface area contributed by atoms with Crippen molar-refractivity contribution in [1.82, 2.24) is 9.80 Å². The summed E-state index contributed by atoms with van der Waals surface area (Å²) in [5.41, 5.74) is 7.10. The third-order valence-corrected chi connectivity index (χ3v) is 5.04. The van der Waals surface area contributed by atoms with E-state index in [9.17, 15) is 0 Å². The Morgan fingerprint density at radius 3 is 2.41 bits per heavy atom. The molecule has 1 aromatic carbocycles. The van der Waals surface area contributed by atoms with E-state index in [1.54, 1.807) is 7.11 Å². The molecule has 0 aliphatic carbocycles. The first-order valence-corrected chi connectivity index (χ1v) is 8.48. The zero-order valence-corrected chi connectivity index (χ0v) is 15.0. The number of hydrogen-bond donors (Lipinski definition) is 1. The summed E-state index contributed by atoms with van der Waals surface area (Å²) in [6.07, 6.45) is 0. The van der Waals surface area contributed by atoms with Gasteiger partial charge in [0.15, 0.2) is 5.75 Å². The second kappa shape index (κ2) is 7.84. The number of nitrogens with two attached hydrogens (primary N) is 1. The summed E-state index contributed by atoms with van der Waals surface area (Å²) in [5, 5.41) is 1.06. The van der Waals surface area contributed by atoms with Gasteiger partial charge in [-0.05, 0) is 31.2 Å². The first kappa shape index (κ1) is 17.8. The monoisotopic (exact) mass is 345 g/mol. The molecular weight excluding hydrogens is 321 g/mol. The molecule has 0 amide bonds. The number of ether oxygens (including phenoxy) is 1. The first-order chi connectivity index (χ1) is 10.5. The summed E-state index contributed by atoms with van der Waals surface area (Å²) in [4.78, 5) is 4.91. The molecule has 0 saturated carbocycles. The van der Waals surface area contributed by atoms with E-state index >= 15 is 0 Å². The number of piperazine rings is 1. The van der Waals surface area contributed by atoms with Gasteiger partial charge in [-0.3, -0.25) is 9.80 Å². The lowest BCUT2D eigenvalue weighted by atomic mass is 10.0. The van der Waals surface area contributed by atoms with Crippen LogP contribution in [-0.4, -0.2) is 55.7 Å². The van der Waals surface area contributed by atoms with Gasteiger partial charge in [-0.25, -0.2) is 0 Å². The van der Waals surface area contributed by atoms with Crippen molar-refractivity contribution in [2.75, 3.05) is 39.8 Å². The van der Waals surface area contributed by atoms with Crippen molar-refractivity contribution in [2.45, 2.75) is 25.9 Å². The van der Waals surface area contributed by atoms with E-state index in [-0.39, 0.29) is 6.04 Å². The lowest BCUT2D eigenvalue weighted by molar-refractivity contribution is 0.0606. The van der Waals surface area contributed by atoms with Crippen LogP contribution in [0, 0.1) is 0 Å². The maximum Gasteiger partial charge on any atom is 0.156 e. The highest BCUT2D eigenvalue weighted by Crippen LogP contribution is 2.37. The molecule has 0 radical (unpaired) electrons. The SMILES string of the molecule is CCN1CCN(C(CN)c2cc(Cl)c(OC)c(Cl)c2)CC1C. The lowest BCUT2D eigenvalue weighted by Gasteiger charge is -2.43. The standard InChI is InChI=1S/C16H25Cl2N3O/c1-4-20-5-6-21(10-11(20)2)15(9-19)12-7-13(17)16(22-3)14(18)8-12/h7-8,11,15H,4-6,9-10,19H2,1-3H3. The molecule has 22 heavy (non-hydrogen) atoms. The maximum absolute atomic E-state index is 6.27. The van der Waals surface area contributed by atoms with E-state index < -0.39 is 0 Å². The molecule has 1 fully saturated rings. The van der Waals surface area contributed by atoms with Crippen LogP contribution >= 0.6 is 23.2 Å². The molecule has 1 aliphatic rings. The Morgan fingerprint density at radius 2 is 1.95 bits per heavy atom. The molecule has 1 heterocycles. The minimum absolute atomic E-state index is 0.127. The van der Waals surface area contributed by atoms with Crippen molar-refractivity contribution in [3.8, 4) is 5.75 Å². The zero-order chi connectivity index (χ0) is 16.3. The number of methoxy groups -OCH3 is 1. The molecule has 124 valence electrons. The molecular formula is C16H25Cl2N3O. The van der Waals surface area contributed by atoms with Crippen LogP contribution in [0.1, 0.15) is 25.5 Å². The van der Waals surface area contributed by atoms with Crippen LogP contribution in [0.3, 0.4) is 0 Å². The summed E-state index contributed by atoms with van der Waals surface area (Å²) < 4.78 is 5.22. The Bertz CT molecular complexity index is 489. The summed E-state index contributed by atoms with van der Waals surface area (Å²) in [6.45, 7) is 9.15. The number of likely N-dealkylation sites (N-methyl/N-ethyl adjacent to an activating group) is 1. The van der Waals surface area contributed by atoms with Crippen LogP contribution in [0.5, 0.6) is 5.75 Å². The highest BCUT2D eigenvalue weighted by molar-refractivity contribution is 6.37. The number of halogens is 2. The summed E-state index contributed by atoms with van der Waals surface area (Å²) >= 11 is 12.5. The van der Waals surface area contributed by atoms with E-state index in [1.165, 1.54) is 0 Å². The van der Waals surface area contributed by atoms with Crippen LogP contribution in [0.25, 0.3) is 0 Å². The van der Waals surface area contributed by atoms with Crippen molar-refractivity contribution in [1.29, 1.82) is 0 Å². The number of hydrogen-bond acceptors (Lipinski definition) is 4.